The Kier molecular flexibility index (Phi) is 4.99. The van der Waals surface area contributed by atoms with Crippen molar-refractivity contribution >= 4 is 17.3 Å². The molecule has 112 valence electrons. The third-order valence-corrected chi connectivity index (χ3v) is 2.81. The molecule has 1 rings (SSSR count). The molecule has 7 heteroatoms. The van der Waals surface area contributed by atoms with Crippen molar-refractivity contribution in [2.75, 3.05) is 31.4 Å². The molecule has 1 N–H and O–H groups in total. The normalized spacial score (nSPS) is 12.9. The number of anilines is 2. The highest BCUT2D eigenvalue weighted by atomic mass is 19.4. The van der Waals surface area contributed by atoms with Crippen molar-refractivity contribution < 1.29 is 22.7 Å². The average molecular weight is 290 g/mol. The van der Waals surface area contributed by atoms with E-state index < -0.39 is 23.8 Å². The molecule has 0 saturated carbocycles. The summed E-state index contributed by atoms with van der Waals surface area (Å²) < 4.78 is 43.8. The lowest BCUT2D eigenvalue weighted by molar-refractivity contribution is -0.137. The third-order valence-electron chi connectivity index (χ3n) is 2.81. The van der Waals surface area contributed by atoms with E-state index in [2.05, 4.69) is 5.32 Å². The highest BCUT2D eigenvalue weighted by molar-refractivity contribution is 5.94. The molecular weight excluding hydrogens is 273 g/mol. The number of halogens is 3. The van der Waals surface area contributed by atoms with Crippen LogP contribution >= 0.6 is 0 Å². The Hall–Kier alpha value is -1.76. The molecule has 0 aliphatic heterocycles. The van der Waals surface area contributed by atoms with Crippen molar-refractivity contribution in [1.29, 1.82) is 0 Å². The lowest BCUT2D eigenvalue weighted by atomic mass is 10.1. The molecule has 4 nitrogen and oxygen atoms in total. The SMILES string of the molecule is COC(C)C(=O)Nc1ccc(N(C)C)cc1C(F)(F)F. The van der Waals surface area contributed by atoms with E-state index in [4.69, 9.17) is 4.74 Å². The molecule has 0 heterocycles. The van der Waals surface area contributed by atoms with Gasteiger partial charge in [-0.05, 0) is 25.1 Å². The Labute approximate surface area is 115 Å². The summed E-state index contributed by atoms with van der Waals surface area (Å²) >= 11 is 0. The van der Waals surface area contributed by atoms with E-state index in [0.29, 0.717) is 5.69 Å². The van der Waals surface area contributed by atoms with E-state index in [1.165, 1.54) is 26.2 Å². The maximum Gasteiger partial charge on any atom is 0.418 e. The molecular formula is C13H17F3N2O2. The Balaban J connectivity index is 3.16. The molecule has 0 radical (unpaired) electrons. The van der Waals surface area contributed by atoms with Gasteiger partial charge in [0.25, 0.3) is 5.91 Å². The second-order valence-electron chi connectivity index (χ2n) is 4.49. The van der Waals surface area contributed by atoms with Gasteiger partial charge in [-0.15, -0.1) is 0 Å². The van der Waals surface area contributed by atoms with Crippen LogP contribution in [0.25, 0.3) is 0 Å². The first-order valence-electron chi connectivity index (χ1n) is 5.89. The number of carbonyl (C=O) groups excluding carboxylic acids is 1. The molecule has 0 spiro atoms. The number of ether oxygens (including phenoxy) is 1. The van der Waals surface area contributed by atoms with E-state index in [1.807, 2.05) is 0 Å². The minimum atomic E-state index is -4.55. The number of alkyl halides is 3. The van der Waals surface area contributed by atoms with Crippen molar-refractivity contribution in [2.24, 2.45) is 0 Å². The Morgan fingerprint density at radius 1 is 1.35 bits per heavy atom. The van der Waals surface area contributed by atoms with Crippen LogP contribution in [0.15, 0.2) is 18.2 Å². The molecule has 1 aromatic rings. The number of amides is 1. The van der Waals surface area contributed by atoms with Gasteiger partial charge in [0, 0.05) is 26.9 Å². The van der Waals surface area contributed by atoms with Gasteiger partial charge >= 0.3 is 6.18 Å². The number of rotatable bonds is 4. The van der Waals surface area contributed by atoms with Crippen LogP contribution in [-0.4, -0.2) is 33.2 Å². The summed E-state index contributed by atoms with van der Waals surface area (Å²) in [6, 6.07) is 3.73. The van der Waals surface area contributed by atoms with Gasteiger partial charge in [0.05, 0.1) is 11.3 Å². The van der Waals surface area contributed by atoms with Crippen LogP contribution in [0.1, 0.15) is 12.5 Å². The Bertz CT molecular complexity index is 487. The van der Waals surface area contributed by atoms with Crippen LogP contribution < -0.4 is 10.2 Å². The van der Waals surface area contributed by atoms with E-state index in [-0.39, 0.29) is 5.69 Å². The van der Waals surface area contributed by atoms with Crippen LogP contribution in [0, 0.1) is 0 Å². The summed E-state index contributed by atoms with van der Waals surface area (Å²) in [6.45, 7) is 1.46. The predicted octanol–water partition coefficient (Wildman–Crippen LogP) is 2.74. The maximum absolute atomic E-state index is 13.0. The van der Waals surface area contributed by atoms with Gasteiger partial charge in [-0.1, -0.05) is 0 Å². The van der Waals surface area contributed by atoms with E-state index in [9.17, 15) is 18.0 Å². The van der Waals surface area contributed by atoms with Crippen molar-refractivity contribution in [3.05, 3.63) is 23.8 Å². The summed E-state index contributed by atoms with van der Waals surface area (Å²) in [5, 5.41) is 2.23. The molecule has 0 bridgehead atoms. The van der Waals surface area contributed by atoms with Gasteiger partial charge in [-0.3, -0.25) is 4.79 Å². The molecule has 1 aromatic carbocycles. The lowest BCUT2D eigenvalue weighted by Gasteiger charge is -2.19. The molecule has 20 heavy (non-hydrogen) atoms. The second-order valence-corrected chi connectivity index (χ2v) is 4.49. The summed E-state index contributed by atoms with van der Waals surface area (Å²) in [5.74, 6) is -0.629. The quantitative estimate of drug-likeness (QED) is 0.927. The van der Waals surface area contributed by atoms with Gasteiger partial charge < -0.3 is 15.0 Å². The minimum absolute atomic E-state index is 0.281. The van der Waals surface area contributed by atoms with Crippen molar-refractivity contribution in [1.82, 2.24) is 0 Å². The highest BCUT2D eigenvalue weighted by Crippen LogP contribution is 2.37. The second kappa shape index (κ2) is 6.13. The van der Waals surface area contributed by atoms with Crippen LogP contribution in [0.2, 0.25) is 0 Å². The van der Waals surface area contributed by atoms with Gasteiger partial charge in [-0.25, -0.2) is 0 Å². The number of carbonyl (C=O) groups is 1. The fourth-order valence-electron chi connectivity index (χ4n) is 1.50. The van der Waals surface area contributed by atoms with Gasteiger partial charge in [0.15, 0.2) is 0 Å². The summed E-state index contributed by atoms with van der Waals surface area (Å²) in [6.07, 6.45) is -5.38. The first kappa shape index (κ1) is 16.3. The van der Waals surface area contributed by atoms with Gasteiger partial charge in [0.2, 0.25) is 0 Å². The fourth-order valence-corrected chi connectivity index (χ4v) is 1.50. The number of nitrogens with zero attached hydrogens (tertiary/aromatic N) is 1. The number of methoxy groups -OCH3 is 1. The smallest absolute Gasteiger partial charge is 0.378 e. The monoisotopic (exact) mass is 290 g/mol. The van der Waals surface area contributed by atoms with Crippen LogP contribution in [-0.2, 0) is 15.7 Å². The van der Waals surface area contributed by atoms with Gasteiger partial charge in [-0.2, -0.15) is 13.2 Å². The Morgan fingerprint density at radius 2 is 1.95 bits per heavy atom. The third kappa shape index (κ3) is 3.86. The standard InChI is InChI=1S/C13H17F3N2O2/c1-8(20-4)12(19)17-11-6-5-9(18(2)3)7-10(11)13(14,15)16/h5-8H,1-4H3,(H,17,19). The number of hydrogen-bond donors (Lipinski definition) is 1. The van der Waals surface area contributed by atoms with Crippen molar-refractivity contribution in [3.63, 3.8) is 0 Å². The topological polar surface area (TPSA) is 41.6 Å². The van der Waals surface area contributed by atoms with E-state index in [0.717, 1.165) is 6.07 Å². The number of hydrogen-bond acceptors (Lipinski definition) is 3. The highest BCUT2D eigenvalue weighted by Gasteiger charge is 2.34. The molecule has 0 aliphatic carbocycles. The number of nitrogens with one attached hydrogen (secondary N) is 1. The van der Waals surface area contributed by atoms with Crippen molar-refractivity contribution in [3.8, 4) is 0 Å². The summed E-state index contributed by atoms with van der Waals surface area (Å²) in [4.78, 5) is 13.2. The zero-order valence-electron chi connectivity index (χ0n) is 11.7. The van der Waals surface area contributed by atoms with Crippen LogP contribution in [0.4, 0.5) is 24.5 Å². The fraction of sp³-hybridized carbons (Fsp3) is 0.462. The van der Waals surface area contributed by atoms with Gasteiger partial charge in [0.1, 0.15) is 6.10 Å². The molecule has 1 unspecified atom stereocenters. The summed E-state index contributed by atoms with van der Waals surface area (Å²) in [5.41, 5.74) is -0.771. The summed E-state index contributed by atoms with van der Waals surface area (Å²) in [7, 11) is 4.59. The average Bonchev–Trinajstić information content (AvgIpc) is 2.36. The molecule has 0 fully saturated rings. The van der Waals surface area contributed by atoms with Crippen molar-refractivity contribution in [2.45, 2.75) is 19.2 Å². The van der Waals surface area contributed by atoms with Crippen LogP contribution in [0.5, 0.6) is 0 Å². The zero-order chi connectivity index (χ0) is 15.5. The molecule has 0 saturated heterocycles. The van der Waals surface area contributed by atoms with E-state index >= 15 is 0 Å². The van der Waals surface area contributed by atoms with E-state index in [1.54, 1.807) is 19.0 Å². The minimum Gasteiger partial charge on any atom is -0.378 e. The lowest BCUT2D eigenvalue weighted by Crippen LogP contribution is -2.28. The Morgan fingerprint density at radius 3 is 2.40 bits per heavy atom. The number of benzene rings is 1. The molecule has 0 aliphatic rings. The predicted molar refractivity (Wildman–Crippen MR) is 70.9 cm³/mol. The maximum atomic E-state index is 13.0. The van der Waals surface area contributed by atoms with Crippen LogP contribution in [0.3, 0.4) is 0 Å². The first-order valence-corrected chi connectivity index (χ1v) is 5.89. The molecule has 1 atom stereocenters. The first-order chi connectivity index (χ1) is 9.16. The largest absolute Gasteiger partial charge is 0.418 e. The zero-order valence-corrected chi connectivity index (χ0v) is 11.7. The molecule has 1 amide bonds. The molecule has 0 aromatic heterocycles.